The zero-order valence-corrected chi connectivity index (χ0v) is 11.5. The Morgan fingerprint density at radius 3 is 2.48 bits per heavy atom. The molecule has 2 aromatic carbocycles. The number of nitrogens with one attached hydrogen (secondary N) is 1. The van der Waals surface area contributed by atoms with Gasteiger partial charge >= 0.3 is 11.9 Å². The van der Waals surface area contributed by atoms with E-state index in [1.807, 2.05) is 18.2 Å². The minimum atomic E-state index is -1.10. The third-order valence-electron chi connectivity index (χ3n) is 2.56. The van der Waals surface area contributed by atoms with Crippen LogP contribution < -0.4 is 5.32 Å². The predicted molar refractivity (Wildman–Crippen MR) is 80.4 cm³/mol. The minimum Gasteiger partial charge on any atom is -0.478 e. The summed E-state index contributed by atoms with van der Waals surface area (Å²) in [5, 5.41) is 11.6. The molecule has 0 aliphatic carbocycles. The van der Waals surface area contributed by atoms with Crippen molar-refractivity contribution in [3.05, 3.63) is 64.7 Å². The molecule has 2 N–H and O–H groups in total. The number of hydrogen-bond donors (Lipinski definition) is 2. The molecule has 0 radical (unpaired) electrons. The van der Waals surface area contributed by atoms with Crippen molar-refractivity contribution >= 4 is 29.2 Å². The molecule has 2 rings (SSSR count). The number of carbonyl (C=O) groups is 2. The summed E-state index contributed by atoms with van der Waals surface area (Å²) in [6.07, 6.45) is 0. The van der Waals surface area contributed by atoms with E-state index in [4.69, 9.17) is 16.7 Å². The fourth-order valence-corrected chi connectivity index (χ4v) is 1.72. The van der Waals surface area contributed by atoms with Crippen LogP contribution in [0.25, 0.3) is 0 Å². The van der Waals surface area contributed by atoms with E-state index in [-0.39, 0.29) is 16.3 Å². The van der Waals surface area contributed by atoms with Gasteiger partial charge in [-0.2, -0.15) is 0 Å². The number of hydrogen-bond acceptors (Lipinski definition) is 2. The topological polar surface area (TPSA) is 66.4 Å². The lowest BCUT2D eigenvalue weighted by molar-refractivity contribution is -0.111. The highest BCUT2D eigenvalue weighted by molar-refractivity contribution is 6.34. The molecule has 0 bridgehead atoms. The van der Waals surface area contributed by atoms with Crippen molar-refractivity contribution in [3.63, 3.8) is 0 Å². The number of benzene rings is 2. The first-order valence-electron chi connectivity index (χ1n) is 5.97. The van der Waals surface area contributed by atoms with Crippen LogP contribution in [0.2, 0.25) is 5.02 Å². The normalized spacial score (nSPS) is 9.38. The van der Waals surface area contributed by atoms with E-state index in [9.17, 15) is 9.59 Å². The van der Waals surface area contributed by atoms with Gasteiger partial charge in [0.2, 0.25) is 0 Å². The standard InChI is InChI=1S/C16H10ClNO3/c17-13-8-7-12(16(20)21)10-14(13)18-15(19)9-6-11-4-2-1-3-5-11/h1-5,7-8,10H,(H,18,19)(H,20,21). The monoisotopic (exact) mass is 299 g/mol. The lowest BCUT2D eigenvalue weighted by Crippen LogP contribution is -2.10. The second kappa shape index (κ2) is 6.60. The Morgan fingerprint density at radius 2 is 1.81 bits per heavy atom. The number of carboxylic acid groups (broad SMARTS) is 1. The summed E-state index contributed by atoms with van der Waals surface area (Å²) < 4.78 is 0. The summed E-state index contributed by atoms with van der Waals surface area (Å²) in [5.74, 6) is 3.45. The molecule has 0 spiro atoms. The van der Waals surface area contributed by atoms with Crippen molar-refractivity contribution in [2.24, 2.45) is 0 Å². The SMILES string of the molecule is O=C(C#Cc1ccccc1)Nc1cc(C(=O)O)ccc1Cl. The molecule has 0 aromatic heterocycles. The minimum absolute atomic E-state index is 0.0331. The van der Waals surface area contributed by atoms with Gasteiger partial charge < -0.3 is 10.4 Å². The maximum absolute atomic E-state index is 11.7. The van der Waals surface area contributed by atoms with Crippen molar-refractivity contribution in [2.45, 2.75) is 0 Å². The van der Waals surface area contributed by atoms with Gasteiger partial charge in [-0.05, 0) is 30.3 Å². The molecule has 0 saturated carbocycles. The molecule has 0 heterocycles. The Hall–Kier alpha value is -2.77. The van der Waals surface area contributed by atoms with Crippen LogP contribution in [0.15, 0.2) is 48.5 Å². The molecule has 0 aliphatic heterocycles. The molecule has 1 amide bonds. The van der Waals surface area contributed by atoms with E-state index < -0.39 is 11.9 Å². The smallest absolute Gasteiger partial charge is 0.335 e. The Balaban J connectivity index is 2.15. The van der Waals surface area contributed by atoms with Crippen LogP contribution >= 0.6 is 11.6 Å². The largest absolute Gasteiger partial charge is 0.478 e. The van der Waals surface area contributed by atoms with Crippen LogP contribution in [0.4, 0.5) is 5.69 Å². The number of carboxylic acids is 1. The van der Waals surface area contributed by atoms with Gasteiger partial charge in [0, 0.05) is 11.5 Å². The molecule has 104 valence electrons. The van der Waals surface area contributed by atoms with E-state index >= 15 is 0 Å². The summed E-state index contributed by atoms with van der Waals surface area (Å²) in [5.41, 5.74) is 0.952. The zero-order chi connectivity index (χ0) is 15.2. The van der Waals surface area contributed by atoms with E-state index in [1.54, 1.807) is 12.1 Å². The highest BCUT2D eigenvalue weighted by atomic mass is 35.5. The van der Waals surface area contributed by atoms with Gasteiger partial charge in [-0.15, -0.1) is 0 Å². The predicted octanol–water partition coefficient (Wildman–Crippen LogP) is 3.03. The maximum Gasteiger partial charge on any atom is 0.335 e. The van der Waals surface area contributed by atoms with Gasteiger partial charge in [-0.3, -0.25) is 4.79 Å². The maximum atomic E-state index is 11.7. The first-order chi connectivity index (χ1) is 10.1. The first-order valence-corrected chi connectivity index (χ1v) is 6.35. The fourth-order valence-electron chi connectivity index (χ4n) is 1.56. The molecular formula is C16H10ClNO3. The van der Waals surface area contributed by atoms with Crippen molar-refractivity contribution in [1.82, 2.24) is 0 Å². The number of aromatic carboxylic acids is 1. The summed E-state index contributed by atoms with van der Waals surface area (Å²) in [6.45, 7) is 0. The molecule has 0 saturated heterocycles. The number of rotatable bonds is 2. The second-order valence-corrected chi connectivity index (χ2v) is 4.48. The van der Waals surface area contributed by atoms with Gasteiger partial charge in [0.05, 0.1) is 16.3 Å². The van der Waals surface area contributed by atoms with E-state index in [0.29, 0.717) is 5.56 Å². The Bertz CT molecular complexity index is 745. The third kappa shape index (κ3) is 4.10. The lowest BCUT2D eigenvalue weighted by Gasteiger charge is -2.05. The molecule has 21 heavy (non-hydrogen) atoms. The Labute approximate surface area is 126 Å². The molecular weight excluding hydrogens is 290 g/mol. The van der Waals surface area contributed by atoms with E-state index in [0.717, 1.165) is 0 Å². The van der Waals surface area contributed by atoms with Crippen LogP contribution in [0.1, 0.15) is 15.9 Å². The fraction of sp³-hybridized carbons (Fsp3) is 0. The average molecular weight is 300 g/mol. The first kappa shape index (κ1) is 14.6. The highest BCUT2D eigenvalue weighted by Gasteiger charge is 2.08. The van der Waals surface area contributed by atoms with Crippen molar-refractivity contribution in [3.8, 4) is 11.8 Å². The average Bonchev–Trinajstić information content (AvgIpc) is 2.48. The quantitative estimate of drug-likeness (QED) is 0.838. The number of halogens is 1. The van der Waals surface area contributed by atoms with E-state index in [1.165, 1.54) is 18.2 Å². The summed E-state index contributed by atoms with van der Waals surface area (Å²) in [7, 11) is 0. The van der Waals surface area contributed by atoms with Gasteiger partial charge in [0.25, 0.3) is 0 Å². The van der Waals surface area contributed by atoms with Crippen molar-refractivity contribution in [1.29, 1.82) is 0 Å². The van der Waals surface area contributed by atoms with Crippen LogP contribution in [-0.4, -0.2) is 17.0 Å². The van der Waals surface area contributed by atoms with Crippen molar-refractivity contribution < 1.29 is 14.7 Å². The van der Waals surface area contributed by atoms with Gasteiger partial charge in [-0.1, -0.05) is 35.7 Å². The van der Waals surface area contributed by atoms with Gasteiger partial charge in [0.15, 0.2) is 0 Å². The molecule has 0 atom stereocenters. The molecule has 4 nitrogen and oxygen atoms in total. The summed E-state index contributed by atoms with van der Waals surface area (Å²) >= 11 is 5.91. The Morgan fingerprint density at radius 1 is 1.10 bits per heavy atom. The number of anilines is 1. The molecule has 0 aliphatic rings. The molecule has 2 aromatic rings. The van der Waals surface area contributed by atoms with Crippen LogP contribution in [0.5, 0.6) is 0 Å². The van der Waals surface area contributed by atoms with E-state index in [2.05, 4.69) is 17.2 Å². The highest BCUT2D eigenvalue weighted by Crippen LogP contribution is 2.22. The van der Waals surface area contributed by atoms with Gasteiger partial charge in [-0.25, -0.2) is 4.79 Å². The van der Waals surface area contributed by atoms with Crippen LogP contribution in [-0.2, 0) is 4.79 Å². The summed E-state index contributed by atoms with van der Waals surface area (Å²) in [6, 6.07) is 13.1. The summed E-state index contributed by atoms with van der Waals surface area (Å²) in [4.78, 5) is 22.6. The molecule has 0 fully saturated rings. The number of carbonyl (C=O) groups excluding carboxylic acids is 1. The molecule has 5 heteroatoms. The molecule has 0 unspecified atom stereocenters. The Kier molecular flexibility index (Phi) is 4.60. The van der Waals surface area contributed by atoms with Crippen LogP contribution in [0, 0.1) is 11.8 Å². The number of amides is 1. The lowest BCUT2D eigenvalue weighted by atomic mass is 10.2. The van der Waals surface area contributed by atoms with Crippen LogP contribution in [0.3, 0.4) is 0 Å². The van der Waals surface area contributed by atoms with Crippen molar-refractivity contribution in [2.75, 3.05) is 5.32 Å². The zero-order valence-electron chi connectivity index (χ0n) is 10.8. The van der Waals surface area contributed by atoms with Gasteiger partial charge in [0.1, 0.15) is 0 Å². The third-order valence-corrected chi connectivity index (χ3v) is 2.89. The second-order valence-electron chi connectivity index (χ2n) is 4.07.